The standard InChI is InChI=1S/C9H12N4O2S/c1-15-6-11-9(16)13-12-4-7-2-3-8(14)5-10-7/h2-5,14H,6H2,1H3,(H2,11,13,16)/b12-4+. The molecule has 0 aromatic carbocycles. The van der Waals surface area contributed by atoms with E-state index >= 15 is 0 Å². The van der Waals surface area contributed by atoms with Crippen LogP contribution < -0.4 is 10.7 Å². The fourth-order valence-corrected chi connectivity index (χ4v) is 0.920. The fourth-order valence-electron chi connectivity index (χ4n) is 0.808. The van der Waals surface area contributed by atoms with Gasteiger partial charge in [-0.2, -0.15) is 5.10 Å². The Labute approximate surface area is 98.3 Å². The second-order valence-electron chi connectivity index (χ2n) is 2.75. The molecule has 1 rings (SSSR count). The van der Waals surface area contributed by atoms with Crippen LogP contribution in [0.2, 0.25) is 0 Å². The third kappa shape index (κ3) is 4.67. The van der Waals surface area contributed by atoms with Crippen LogP contribution in [0.3, 0.4) is 0 Å². The summed E-state index contributed by atoms with van der Waals surface area (Å²) in [5.41, 5.74) is 3.20. The van der Waals surface area contributed by atoms with E-state index in [-0.39, 0.29) is 5.75 Å². The van der Waals surface area contributed by atoms with Gasteiger partial charge < -0.3 is 15.2 Å². The lowest BCUT2D eigenvalue weighted by Gasteiger charge is -2.04. The minimum atomic E-state index is 0.113. The highest BCUT2D eigenvalue weighted by Gasteiger charge is 1.92. The second-order valence-corrected chi connectivity index (χ2v) is 3.16. The summed E-state index contributed by atoms with van der Waals surface area (Å²) in [7, 11) is 1.55. The summed E-state index contributed by atoms with van der Waals surface area (Å²) in [5.74, 6) is 0.113. The fraction of sp³-hybridized carbons (Fsp3) is 0.222. The molecule has 0 spiro atoms. The molecule has 6 nitrogen and oxygen atoms in total. The topological polar surface area (TPSA) is 78.8 Å². The number of hydrogen-bond acceptors (Lipinski definition) is 5. The minimum absolute atomic E-state index is 0.113. The van der Waals surface area contributed by atoms with Crippen molar-refractivity contribution in [2.24, 2.45) is 5.10 Å². The van der Waals surface area contributed by atoms with Crippen LogP contribution in [0, 0.1) is 0 Å². The van der Waals surface area contributed by atoms with Crippen LogP contribution in [0.1, 0.15) is 5.69 Å². The van der Waals surface area contributed by atoms with Crippen molar-refractivity contribution in [3.8, 4) is 5.75 Å². The normalized spacial score (nSPS) is 10.3. The molecule has 3 N–H and O–H groups in total. The maximum Gasteiger partial charge on any atom is 0.188 e. The number of rotatable bonds is 4. The third-order valence-corrected chi connectivity index (χ3v) is 1.75. The van der Waals surface area contributed by atoms with Crippen molar-refractivity contribution in [2.75, 3.05) is 13.8 Å². The molecule has 0 fully saturated rings. The van der Waals surface area contributed by atoms with Gasteiger partial charge in [0.2, 0.25) is 0 Å². The first-order valence-corrected chi connectivity index (χ1v) is 4.84. The van der Waals surface area contributed by atoms with Gasteiger partial charge in [0.05, 0.1) is 18.1 Å². The molecule has 0 saturated carbocycles. The zero-order valence-corrected chi connectivity index (χ0v) is 9.49. The summed E-state index contributed by atoms with van der Waals surface area (Å²) in [6.45, 7) is 0.318. The van der Waals surface area contributed by atoms with Crippen molar-refractivity contribution in [2.45, 2.75) is 0 Å². The predicted molar refractivity (Wildman–Crippen MR) is 64.2 cm³/mol. The van der Waals surface area contributed by atoms with Gasteiger partial charge in [-0.15, -0.1) is 0 Å². The summed E-state index contributed by atoms with van der Waals surface area (Å²) >= 11 is 4.88. The van der Waals surface area contributed by atoms with Gasteiger partial charge in [-0.05, 0) is 24.4 Å². The van der Waals surface area contributed by atoms with Crippen LogP contribution in [-0.4, -0.2) is 35.3 Å². The summed E-state index contributed by atoms with van der Waals surface area (Å²) in [5, 5.41) is 16.0. The lowest BCUT2D eigenvalue weighted by molar-refractivity contribution is 0.192. The Morgan fingerprint density at radius 3 is 3.12 bits per heavy atom. The van der Waals surface area contributed by atoms with Gasteiger partial charge in [0, 0.05) is 7.11 Å². The van der Waals surface area contributed by atoms with Gasteiger partial charge in [-0.3, -0.25) is 10.4 Å². The molecule has 0 amide bonds. The number of hydrogen-bond donors (Lipinski definition) is 3. The molecule has 0 bridgehead atoms. The minimum Gasteiger partial charge on any atom is -0.506 e. The second kappa shape index (κ2) is 6.70. The van der Waals surface area contributed by atoms with E-state index in [1.54, 1.807) is 13.2 Å². The number of methoxy groups -OCH3 is 1. The highest BCUT2D eigenvalue weighted by Crippen LogP contribution is 2.03. The average Bonchev–Trinajstić information content (AvgIpc) is 2.29. The van der Waals surface area contributed by atoms with Crippen molar-refractivity contribution in [1.82, 2.24) is 15.7 Å². The van der Waals surface area contributed by atoms with Crippen LogP contribution in [0.5, 0.6) is 5.75 Å². The highest BCUT2D eigenvalue weighted by atomic mass is 32.1. The molecular weight excluding hydrogens is 228 g/mol. The molecule has 0 radical (unpaired) electrons. The monoisotopic (exact) mass is 240 g/mol. The van der Waals surface area contributed by atoms with Gasteiger partial charge in [0.25, 0.3) is 0 Å². The van der Waals surface area contributed by atoms with E-state index in [0.717, 1.165) is 0 Å². The van der Waals surface area contributed by atoms with Crippen LogP contribution in [0.4, 0.5) is 0 Å². The Bertz CT molecular complexity index is 366. The Kier molecular flexibility index (Phi) is 5.17. The van der Waals surface area contributed by atoms with Crippen LogP contribution in [0.15, 0.2) is 23.4 Å². The number of thiocarbonyl (C=S) groups is 1. The summed E-state index contributed by atoms with van der Waals surface area (Å²) in [6, 6.07) is 3.15. The average molecular weight is 240 g/mol. The van der Waals surface area contributed by atoms with Crippen molar-refractivity contribution in [1.29, 1.82) is 0 Å². The molecular formula is C9H12N4O2S. The van der Waals surface area contributed by atoms with Crippen molar-refractivity contribution >= 4 is 23.5 Å². The molecule has 0 aliphatic rings. The SMILES string of the molecule is COCNC(=S)N/N=C/c1ccc(O)cn1. The predicted octanol–water partition coefficient (Wildman–Crippen LogP) is 0.189. The van der Waals surface area contributed by atoms with Crippen molar-refractivity contribution in [3.63, 3.8) is 0 Å². The van der Waals surface area contributed by atoms with Crippen LogP contribution in [-0.2, 0) is 4.74 Å². The molecule has 7 heteroatoms. The number of ether oxygens (including phenoxy) is 1. The van der Waals surface area contributed by atoms with Gasteiger partial charge in [-0.25, -0.2) is 0 Å². The maximum atomic E-state index is 9.00. The quantitative estimate of drug-likeness (QED) is 0.302. The first-order valence-electron chi connectivity index (χ1n) is 4.43. The summed E-state index contributed by atoms with van der Waals surface area (Å²) < 4.78 is 4.76. The molecule has 16 heavy (non-hydrogen) atoms. The van der Waals surface area contributed by atoms with Gasteiger partial charge in [0.15, 0.2) is 5.11 Å². The Morgan fingerprint density at radius 2 is 2.50 bits per heavy atom. The van der Waals surface area contributed by atoms with E-state index < -0.39 is 0 Å². The van der Waals surface area contributed by atoms with E-state index in [9.17, 15) is 0 Å². The van der Waals surface area contributed by atoms with Crippen LogP contribution in [0.25, 0.3) is 0 Å². The number of aromatic nitrogens is 1. The molecule has 0 aliphatic heterocycles. The molecule has 0 saturated heterocycles. The molecule has 0 unspecified atom stereocenters. The van der Waals surface area contributed by atoms with Gasteiger partial charge in [-0.1, -0.05) is 0 Å². The van der Waals surface area contributed by atoms with E-state index in [1.165, 1.54) is 18.5 Å². The molecule has 0 atom stereocenters. The molecule has 0 aliphatic carbocycles. The number of hydrazone groups is 1. The Hall–Kier alpha value is -1.73. The van der Waals surface area contributed by atoms with Gasteiger partial charge in [0.1, 0.15) is 12.5 Å². The van der Waals surface area contributed by atoms with Crippen LogP contribution >= 0.6 is 12.2 Å². The van der Waals surface area contributed by atoms with Crippen molar-refractivity contribution in [3.05, 3.63) is 24.0 Å². The lowest BCUT2D eigenvalue weighted by atomic mass is 10.4. The molecule has 1 aromatic heterocycles. The number of aromatic hydroxyl groups is 1. The first-order chi connectivity index (χ1) is 7.72. The van der Waals surface area contributed by atoms with E-state index in [0.29, 0.717) is 17.5 Å². The Balaban J connectivity index is 2.37. The number of pyridine rings is 1. The zero-order chi connectivity index (χ0) is 11.8. The van der Waals surface area contributed by atoms with E-state index in [1.807, 2.05) is 0 Å². The number of nitrogens with one attached hydrogen (secondary N) is 2. The zero-order valence-electron chi connectivity index (χ0n) is 8.67. The molecule has 86 valence electrons. The third-order valence-electron chi connectivity index (χ3n) is 1.51. The highest BCUT2D eigenvalue weighted by molar-refractivity contribution is 7.80. The van der Waals surface area contributed by atoms with Crippen molar-refractivity contribution < 1.29 is 9.84 Å². The molecule has 1 aromatic rings. The van der Waals surface area contributed by atoms with Gasteiger partial charge >= 0.3 is 0 Å². The van der Waals surface area contributed by atoms with E-state index in [2.05, 4.69) is 20.8 Å². The summed E-state index contributed by atoms with van der Waals surface area (Å²) in [6.07, 6.45) is 2.82. The lowest BCUT2D eigenvalue weighted by Crippen LogP contribution is -2.33. The smallest absolute Gasteiger partial charge is 0.188 e. The summed E-state index contributed by atoms with van der Waals surface area (Å²) in [4.78, 5) is 3.91. The van der Waals surface area contributed by atoms with E-state index in [4.69, 9.17) is 22.1 Å². The Morgan fingerprint density at radius 1 is 1.69 bits per heavy atom. The largest absolute Gasteiger partial charge is 0.506 e. The maximum absolute atomic E-state index is 9.00. The number of nitrogens with zero attached hydrogens (tertiary/aromatic N) is 2. The first kappa shape index (κ1) is 12.3. The molecule has 1 heterocycles.